The minimum atomic E-state index is -1.12. The molecule has 0 bridgehead atoms. The van der Waals surface area contributed by atoms with Gasteiger partial charge in [0.1, 0.15) is 18.4 Å². The summed E-state index contributed by atoms with van der Waals surface area (Å²) in [7, 11) is 1.58. The highest BCUT2D eigenvalue weighted by Gasteiger charge is 2.29. The Morgan fingerprint density at radius 3 is 2.19 bits per heavy atom. The van der Waals surface area contributed by atoms with Crippen molar-refractivity contribution in [2.75, 3.05) is 13.7 Å². The molecule has 0 aromatic heterocycles. The van der Waals surface area contributed by atoms with Crippen LogP contribution in [0.25, 0.3) is 11.1 Å². The van der Waals surface area contributed by atoms with E-state index in [9.17, 15) is 14.7 Å². The highest BCUT2D eigenvalue weighted by Crippen LogP contribution is 2.44. The number of benzene rings is 3. The predicted molar refractivity (Wildman–Crippen MR) is 121 cm³/mol. The van der Waals surface area contributed by atoms with Crippen molar-refractivity contribution in [1.82, 2.24) is 5.32 Å². The lowest BCUT2D eigenvalue weighted by atomic mass is 9.98. The first kappa shape index (κ1) is 21.4. The van der Waals surface area contributed by atoms with Crippen LogP contribution in [0.15, 0.2) is 66.7 Å². The molecule has 1 amide bonds. The summed E-state index contributed by atoms with van der Waals surface area (Å²) in [4.78, 5) is 24.2. The number of hydrogen-bond donors (Lipinski definition) is 2. The summed E-state index contributed by atoms with van der Waals surface area (Å²) in [5, 5.41) is 12.1. The van der Waals surface area contributed by atoms with Crippen molar-refractivity contribution >= 4 is 12.1 Å². The van der Waals surface area contributed by atoms with Crippen LogP contribution in [0.4, 0.5) is 4.79 Å². The van der Waals surface area contributed by atoms with Gasteiger partial charge >= 0.3 is 12.1 Å². The maximum absolute atomic E-state index is 12.5. The Hall–Kier alpha value is -3.80. The molecule has 0 aliphatic heterocycles. The van der Waals surface area contributed by atoms with Crippen LogP contribution in [0.5, 0.6) is 5.75 Å². The number of methoxy groups -OCH3 is 1. The van der Waals surface area contributed by atoms with E-state index in [4.69, 9.17) is 9.47 Å². The van der Waals surface area contributed by atoms with E-state index in [0.717, 1.165) is 39.1 Å². The van der Waals surface area contributed by atoms with Gasteiger partial charge in [0.05, 0.1) is 7.11 Å². The average Bonchev–Trinajstić information content (AvgIpc) is 3.11. The molecule has 0 heterocycles. The van der Waals surface area contributed by atoms with Gasteiger partial charge in [-0.3, -0.25) is 0 Å². The Morgan fingerprint density at radius 2 is 1.62 bits per heavy atom. The summed E-state index contributed by atoms with van der Waals surface area (Å²) >= 11 is 0. The number of carboxylic acid groups (broad SMARTS) is 1. The summed E-state index contributed by atoms with van der Waals surface area (Å²) in [6.45, 7) is 2.02. The SMILES string of the molecule is COc1ccc(C[C@H](NC(=O)OCC2c3ccccc3-c3ccccc32)C(=O)O)cc1C. The van der Waals surface area contributed by atoms with Crippen LogP contribution in [-0.4, -0.2) is 36.9 Å². The van der Waals surface area contributed by atoms with E-state index in [2.05, 4.69) is 17.4 Å². The maximum atomic E-state index is 12.5. The second-order valence-electron chi connectivity index (χ2n) is 7.87. The molecule has 1 aliphatic rings. The predicted octanol–water partition coefficient (Wildman–Crippen LogP) is 4.54. The smallest absolute Gasteiger partial charge is 0.407 e. The number of fused-ring (bicyclic) bond motifs is 3. The van der Waals surface area contributed by atoms with Gasteiger partial charge in [-0.15, -0.1) is 0 Å². The highest BCUT2D eigenvalue weighted by atomic mass is 16.5. The van der Waals surface area contributed by atoms with Crippen LogP contribution in [0.1, 0.15) is 28.2 Å². The van der Waals surface area contributed by atoms with Gasteiger partial charge in [-0.05, 0) is 46.4 Å². The molecule has 0 spiro atoms. The highest BCUT2D eigenvalue weighted by molar-refractivity contribution is 5.81. The van der Waals surface area contributed by atoms with Crippen molar-refractivity contribution in [2.45, 2.75) is 25.3 Å². The van der Waals surface area contributed by atoms with Crippen LogP contribution in [0.3, 0.4) is 0 Å². The van der Waals surface area contributed by atoms with E-state index < -0.39 is 18.1 Å². The lowest BCUT2D eigenvalue weighted by Gasteiger charge is -2.18. The lowest BCUT2D eigenvalue weighted by molar-refractivity contribution is -0.139. The number of amides is 1. The fourth-order valence-corrected chi connectivity index (χ4v) is 4.29. The number of nitrogens with one attached hydrogen (secondary N) is 1. The first-order valence-corrected chi connectivity index (χ1v) is 10.5. The van der Waals surface area contributed by atoms with Gasteiger partial charge in [0.2, 0.25) is 0 Å². The van der Waals surface area contributed by atoms with E-state index in [0.29, 0.717) is 0 Å². The fourth-order valence-electron chi connectivity index (χ4n) is 4.29. The Morgan fingerprint density at radius 1 is 1.00 bits per heavy atom. The molecule has 0 fully saturated rings. The van der Waals surface area contributed by atoms with Crippen LogP contribution < -0.4 is 10.1 Å². The summed E-state index contributed by atoms with van der Waals surface area (Å²) in [6, 6.07) is 20.4. The minimum Gasteiger partial charge on any atom is -0.496 e. The number of alkyl carbamates (subject to hydrolysis) is 1. The summed E-state index contributed by atoms with van der Waals surface area (Å²) in [5.74, 6) is -0.474. The first-order chi connectivity index (χ1) is 15.5. The second-order valence-corrected chi connectivity index (χ2v) is 7.87. The molecule has 0 unspecified atom stereocenters. The molecule has 6 heteroatoms. The normalized spacial score (nSPS) is 13.1. The molecule has 2 N–H and O–H groups in total. The van der Waals surface area contributed by atoms with Gasteiger partial charge in [0.25, 0.3) is 0 Å². The molecule has 0 radical (unpaired) electrons. The Labute approximate surface area is 186 Å². The largest absolute Gasteiger partial charge is 0.496 e. The number of rotatable bonds is 7. The van der Waals surface area contributed by atoms with Crippen molar-refractivity contribution in [2.24, 2.45) is 0 Å². The number of aliphatic carboxylic acids is 1. The van der Waals surface area contributed by atoms with E-state index in [1.165, 1.54) is 0 Å². The van der Waals surface area contributed by atoms with Gasteiger partial charge in [-0.25, -0.2) is 9.59 Å². The Kier molecular flexibility index (Phi) is 6.12. The summed E-state index contributed by atoms with van der Waals surface area (Å²) in [5.41, 5.74) is 6.16. The number of ether oxygens (including phenoxy) is 2. The van der Waals surface area contributed by atoms with E-state index in [-0.39, 0.29) is 18.9 Å². The third kappa shape index (κ3) is 4.30. The standard InChI is InChI=1S/C26H25NO5/c1-16-13-17(11-12-24(16)31-2)14-23(25(28)29)27-26(30)32-15-22-20-9-5-3-7-18(20)19-8-4-6-10-21(19)22/h3-13,22-23H,14-15H2,1-2H3,(H,27,30)(H,28,29)/t23-/m0/s1. The molecule has 0 saturated heterocycles. The number of carboxylic acids is 1. The number of aryl methyl sites for hydroxylation is 1. The zero-order valence-corrected chi connectivity index (χ0v) is 18.0. The van der Waals surface area contributed by atoms with Gasteiger partial charge in [-0.2, -0.15) is 0 Å². The summed E-state index contributed by atoms with van der Waals surface area (Å²) < 4.78 is 10.7. The van der Waals surface area contributed by atoms with Crippen LogP contribution >= 0.6 is 0 Å². The molecule has 6 nitrogen and oxygen atoms in total. The summed E-state index contributed by atoms with van der Waals surface area (Å²) in [6.07, 6.45) is -0.603. The number of carbonyl (C=O) groups is 2. The van der Waals surface area contributed by atoms with Crippen molar-refractivity contribution in [1.29, 1.82) is 0 Å². The maximum Gasteiger partial charge on any atom is 0.407 e. The van der Waals surface area contributed by atoms with Crippen molar-refractivity contribution in [3.8, 4) is 16.9 Å². The monoisotopic (exact) mass is 431 g/mol. The van der Waals surface area contributed by atoms with Crippen LogP contribution in [0.2, 0.25) is 0 Å². The van der Waals surface area contributed by atoms with Gasteiger partial charge < -0.3 is 19.9 Å². The second kappa shape index (κ2) is 9.14. The molecular weight excluding hydrogens is 406 g/mol. The molecule has 164 valence electrons. The third-order valence-corrected chi connectivity index (χ3v) is 5.83. The molecule has 32 heavy (non-hydrogen) atoms. The van der Waals surface area contributed by atoms with E-state index in [1.54, 1.807) is 19.2 Å². The molecule has 3 aromatic carbocycles. The molecule has 1 atom stereocenters. The first-order valence-electron chi connectivity index (χ1n) is 10.5. The Bertz CT molecular complexity index is 1110. The number of hydrogen-bond acceptors (Lipinski definition) is 4. The third-order valence-electron chi connectivity index (χ3n) is 5.83. The van der Waals surface area contributed by atoms with Gasteiger partial charge in [0, 0.05) is 12.3 Å². The zero-order chi connectivity index (χ0) is 22.7. The lowest BCUT2D eigenvalue weighted by Crippen LogP contribution is -2.42. The van der Waals surface area contributed by atoms with Gasteiger partial charge in [-0.1, -0.05) is 60.7 Å². The minimum absolute atomic E-state index is 0.0827. The molecule has 1 aliphatic carbocycles. The van der Waals surface area contributed by atoms with Crippen molar-refractivity contribution in [3.05, 3.63) is 89.0 Å². The topological polar surface area (TPSA) is 84.9 Å². The van der Waals surface area contributed by atoms with Crippen molar-refractivity contribution < 1.29 is 24.2 Å². The molecule has 3 aromatic rings. The Balaban J connectivity index is 1.42. The quantitative estimate of drug-likeness (QED) is 0.574. The molecular formula is C26H25NO5. The fraction of sp³-hybridized carbons (Fsp3) is 0.231. The molecule has 4 rings (SSSR count). The van der Waals surface area contributed by atoms with Crippen LogP contribution in [0, 0.1) is 6.92 Å². The van der Waals surface area contributed by atoms with E-state index in [1.807, 2.05) is 49.4 Å². The van der Waals surface area contributed by atoms with Gasteiger partial charge in [0.15, 0.2) is 0 Å². The average molecular weight is 431 g/mol. The van der Waals surface area contributed by atoms with Crippen molar-refractivity contribution in [3.63, 3.8) is 0 Å². The van der Waals surface area contributed by atoms with Crippen LogP contribution in [-0.2, 0) is 16.0 Å². The zero-order valence-electron chi connectivity index (χ0n) is 18.0. The van der Waals surface area contributed by atoms with E-state index >= 15 is 0 Å². The molecule has 0 saturated carbocycles. The number of carbonyl (C=O) groups excluding carboxylic acids is 1.